The molecule has 29 heavy (non-hydrogen) atoms. The number of benzene rings is 1. The fraction of sp³-hybridized carbons (Fsp3) is 0.300. The van der Waals surface area contributed by atoms with E-state index in [0.29, 0.717) is 21.5 Å². The van der Waals surface area contributed by atoms with Gasteiger partial charge < -0.3 is 10.1 Å². The molecule has 0 unspecified atom stereocenters. The average Bonchev–Trinajstić information content (AvgIpc) is 3.36. The Morgan fingerprint density at radius 2 is 2.14 bits per heavy atom. The molecule has 148 valence electrons. The van der Waals surface area contributed by atoms with Crippen LogP contribution in [0.5, 0.6) is 5.75 Å². The third-order valence-electron chi connectivity index (χ3n) is 4.70. The van der Waals surface area contributed by atoms with Gasteiger partial charge in [-0.15, -0.1) is 16.4 Å². The number of nitrogens with zero attached hydrogens (tertiary/aromatic N) is 3. The summed E-state index contributed by atoms with van der Waals surface area (Å²) in [7, 11) is 1.62. The summed E-state index contributed by atoms with van der Waals surface area (Å²) in [6, 6.07) is 9.75. The van der Waals surface area contributed by atoms with E-state index in [2.05, 4.69) is 26.6 Å². The summed E-state index contributed by atoms with van der Waals surface area (Å²) in [4.78, 5) is 18.1. The third-order valence-corrected chi connectivity index (χ3v) is 6.75. The number of thioether (sulfide) groups is 1. The molecule has 0 saturated heterocycles. The van der Waals surface area contributed by atoms with Crippen LogP contribution >= 0.6 is 23.1 Å². The van der Waals surface area contributed by atoms with Crippen LogP contribution in [0.1, 0.15) is 28.8 Å². The van der Waals surface area contributed by atoms with Crippen molar-refractivity contribution in [1.82, 2.24) is 15.2 Å². The molecule has 0 aliphatic heterocycles. The van der Waals surface area contributed by atoms with Gasteiger partial charge in [0.15, 0.2) is 5.82 Å². The van der Waals surface area contributed by atoms with Crippen LogP contribution in [0.25, 0.3) is 11.4 Å². The highest BCUT2D eigenvalue weighted by Gasteiger charge is 2.22. The first kappa shape index (κ1) is 19.5. The summed E-state index contributed by atoms with van der Waals surface area (Å²) < 4.78 is 5.15. The number of carbonyl (C=O) groups is 1. The maximum Gasteiger partial charge on any atom is 0.235 e. The van der Waals surface area contributed by atoms with Crippen molar-refractivity contribution in [3.63, 3.8) is 0 Å². The highest BCUT2D eigenvalue weighted by Crippen LogP contribution is 2.37. The zero-order valence-corrected chi connectivity index (χ0v) is 17.5. The number of aryl methyl sites for hydroxylation is 1. The van der Waals surface area contributed by atoms with Gasteiger partial charge in [0.1, 0.15) is 16.8 Å². The normalized spacial score (nSPS) is 12.8. The zero-order chi connectivity index (χ0) is 20.2. The Bertz CT molecular complexity index is 1070. The maximum atomic E-state index is 12.4. The molecule has 7 nitrogen and oxygen atoms in total. The summed E-state index contributed by atoms with van der Waals surface area (Å²) in [5, 5.41) is 20.6. The van der Waals surface area contributed by atoms with Gasteiger partial charge in [-0.1, -0.05) is 11.8 Å². The van der Waals surface area contributed by atoms with E-state index in [0.717, 1.165) is 42.6 Å². The van der Waals surface area contributed by atoms with Crippen LogP contribution in [0.4, 0.5) is 5.00 Å². The number of nitrogens with one attached hydrogen (secondary N) is 2. The molecule has 4 rings (SSSR count). The largest absolute Gasteiger partial charge is 0.497 e. The van der Waals surface area contributed by atoms with Crippen LogP contribution in [-0.2, 0) is 17.6 Å². The maximum absolute atomic E-state index is 12.4. The van der Waals surface area contributed by atoms with E-state index >= 15 is 0 Å². The highest BCUT2D eigenvalue weighted by molar-refractivity contribution is 7.99. The molecule has 0 saturated carbocycles. The minimum absolute atomic E-state index is 0.166. The first-order chi connectivity index (χ1) is 14.2. The minimum Gasteiger partial charge on any atom is -0.497 e. The van der Waals surface area contributed by atoms with Crippen molar-refractivity contribution >= 4 is 34.0 Å². The van der Waals surface area contributed by atoms with Crippen LogP contribution in [0.2, 0.25) is 0 Å². The zero-order valence-electron chi connectivity index (χ0n) is 15.8. The number of carbonyl (C=O) groups excluding carboxylic acids is 1. The van der Waals surface area contributed by atoms with Crippen LogP contribution < -0.4 is 10.1 Å². The van der Waals surface area contributed by atoms with E-state index in [1.807, 2.05) is 24.3 Å². The summed E-state index contributed by atoms with van der Waals surface area (Å²) in [6.45, 7) is 0. The van der Waals surface area contributed by atoms with Crippen LogP contribution in [0, 0.1) is 11.3 Å². The summed E-state index contributed by atoms with van der Waals surface area (Å²) in [5.74, 6) is 1.41. The second-order valence-electron chi connectivity index (χ2n) is 6.56. The number of aromatic nitrogens is 3. The number of nitriles is 1. The molecule has 3 aromatic rings. The number of hydrogen-bond donors (Lipinski definition) is 2. The Hall–Kier alpha value is -2.83. The van der Waals surface area contributed by atoms with Gasteiger partial charge in [0.25, 0.3) is 0 Å². The quantitative estimate of drug-likeness (QED) is 0.578. The lowest BCUT2D eigenvalue weighted by molar-refractivity contribution is -0.113. The van der Waals surface area contributed by atoms with E-state index in [9.17, 15) is 10.1 Å². The summed E-state index contributed by atoms with van der Waals surface area (Å²) in [6.07, 6.45) is 4.15. The number of methoxy groups -OCH3 is 1. The number of fused-ring (bicyclic) bond motifs is 1. The molecule has 9 heteroatoms. The molecule has 0 fully saturated rings. The number of rotatable bonds is 6. The number of aromatic amines is 1. The topological polar surface area (TPSA) is 104 Å². The molecule has 0 radical (unpaired) electrons. The van der Waals surface area contributed by atoms with Gasteiger partial charge in [-0.2, -0.15) is 5.26 Å². The first-order valence-corrected chi connectivity index (χ1v) is 11.0. The molecule has 1 aliphatic carbocycles. The lowest BCUT2D eigenvalue weighted by Gasteiger charge is -2.09. The fourth-order valence-electron chi connectivity index (χ4n) is 3.25. The van der Waals surface area contributed by atoms with Gasteiger partial charge in [-0.25, -0.2) is 4.98 Å². The predicted octanol–water partition coefficient (Wildman–Crippen LogP) is 4.02. The Morgan fingerprint density at radius 1 is 1.34 bits per heavy atom. The summed E-state index contributed by atoms with van der Waals surface area (Å²) in [5.41, 5.74) is 2.63. The molecule has 1 aliphatic rings. The molecule has 0 spiro atoms. The van der Waals surface area contributed by atoms with Crippen molar-refractivity contribution in [3.05, 3.63) is 40.3 Å². The number of ether oxygens (including phenoxy) is 1. The predicted molar refractivity (Wildman–Crippen MR) is 113 cm³/mol. The number of amides is 1. The van der Waals surface area contributed by atoms with E-state index in [-0.39, 0.29) is 11.7 Å². The Morgan fingerprint density at radius 3 is 2.90 bits per heavy atom. The molecule has 0 atom stereocenters. The second kappa shape index (κ2) is 8.68. The molecular formula is C20H19N5O2S2. The van der Waals surface area contributed by atoms with Gasteiger partial charge in [-0.3, -0.25) is 9.89 Å². The van der Waals surface area contributed by atoms with E-state index in [1.165, 1.54) is 28.0 Å². The van der Waals surface area contributed by atoms with Crippen LogP contribution in [-0.4, -0.2) is 34.0 Å². The van der Waals surface area contributed by atoms with E-state index < -0.39 is 0 Å². The third kappa shape index (κ3) is 4.28. The highest BCUT2D eigenvalue weighted by atomic mass is 32.2. The minimum atomic E-state index is -0.166. The van der Waals surface area contributed by atoms with Crippen molar-refractivity contribution < 1.29 is 9.53 Å². The van der Waals surface area contributed by atoms with Crippen molar-refractivity contribution in [3.8, 4) is 23.2 Å². The lowest BCUT2D eigenvalue weighted by atomic mass is 9.96. The van der Waals surface area contributed by atoms with Crippen molar-refractivity contribution in [2.24, 2.45) is 0 Å². The number of thiophene rings is 1. The molecule has 1 amide bonds. The Kier molecular flexibility index (Phi) is 5.83. The van der Waals surface area contributed by atoms with Crippen molar-refractivity contribution in [1.29, 1.82) is 5.26 Å². The first-order valence-electron chi connectivity index (χ1n) is 9.22. The second-order valence-corrected chi connectivity index (χ2v) is 8.61. The number of H-pyrrole nitrogens is 1. The average molecular weight is 426 g/mol. The van der Waals surface area contributed by atoms with Crippen LogP contribution in [0.3, 0.4) is 0 Å². The van der Waals surface area contributed by atoms with E-state index in [4.69, 9.17) is 4.74 Å². The molecule has 2 heterocycles. The van der Waals surface area contributed by atoms with Gasteiger partial charge in [-0.05, 0) is 55.5 Å². The number of anilines is 1. The fourth-order valence-corrected chi connectivity index (χ4v) is 5.11. The molecule has 0 bridgehead atoms. The molecule has 2 N–H and O–H groups in total. The smallest absolute Gasteiger partial charge is 0.235 e. The van der Waals surface area contributed by atoms with Crippen LogP contribution in [0.15, 0.2) is 29.4 Å². The van der Waals surface area contributed by atoms with Crippen molar-refractivity contribution in [2.45, 2.75) is 30.8 Å². The van der Waals surface area contributed by atoms with Gasteiger partial charge >= 0.3 is 0 Å². The van der Waals surface area contributed by atoms with E-state index in [1.54, 1.807) is 7.11 Å². The van der Waals surface area contributed by atoms with Gasteiger partial charge in [0.2, 0.25) is 11.1 Å². The SMILES string of the molecule is COc1ccc(-c2nc(SCC(=O)Nc3sc4c(c3C#N)CCCC4)n[nH]2)cc1. The lowest BCUT2D eigenvalue weighted by Crippen LogP contribution is -2.14. The molecule has 1 aromatic carbocycles. The Balaban J connectivity index is 1.37. The number of hydrogen-bond acceptors (Lipinski definition) is 7. The molecule has 2 aromatic heterocycles. The Labute approximate surface area is 176 Å². The summed E-state index contributed by atoms with van der Waals surface area (Å²) >= 11 is 2.78. The monoisotopic (exact) mass is 425 g/mol. The molecular weight excluding hydrogens is 406 g/mol. The van der Waals surface area contributed by atoms with Gasteiger partial charge in [0, 0.05) is 10.4 Å². The van der Waals surface area contributed by atoms with Gasteiger partial charge in [0.05, 0.1) is 18.4 Å². The standard InChI is InChI=1S/C20H19N5O2S2/c1-27-13-8-6-12(7-9-13)18-23-20(25-24-18)28-11-17(26)22-19-15(10-21)14-4-2-3-5-16(14)29-19/h6-9H,2-5,11H2,1H3,(H,22,26)(H,23,24,25). The van der Waals surface area contributed by atoms with Crippen molar-refractivity contribution in [2.75, 3.05) is 18.2 Å².